The van der Waals surface area contributed by atoms with E-state index in [-0.39, 0.29) is 51.4 Å². The Bertz CT molecular complexity index is 103. The fraction of sp³-hybridized carbons (Fsp3) is 1.00. The Labute approximate surface area is 110 Å². The molecule has 1 nitrogen and oxygen atoms in total. The zero-order chi connectivity index (χ0) is 6.62. The molecule has 0 saturated heterocycles. The standard InChI is InChI=1S/C4H11OPS2.K/c1-3-4-5-6(2,7)8;/h3-4H2,1-2H3,(H,7,8);/q;+1/p-1. The van der Waals surface area contributed by atoms with Crippen LogP contribution in [0.25, 0.3) is 0 Å². The van der Waals surface area contributed by atoms with Gasteiger partial charge in [0.1, 0.15) is 0 Å². The second kappa shape index (κ2) is 7.26. The first-order valence-electron chi connectivity index (χ1n) is 2.49. The number of hydrogen-bond donors (Lipinski definition) is 0. The van der Waals surface area contributed by atoms with Crippen LogP contribution in [0.4, 0.5) is 0 Å². The van der Waals surface area contributed by atoms with Crippen LogP contribution < -0.4 is 51.4 Å². The van der Waals surface area contributed by atoms with Crippen molar-refractivity contribution < 1.29 is 55.9 Å². The Balaban J connectivity index is 0. The van der Waals surface area contributed by atoms with E-state index in [1.165, 1.54) is 0 Å². The van der Waals surface area contributed by atoms with Crippen molar-refractivity contribution in [2.45, 2.75) is 13.3 Å². The molecule has 0 bridgehead atoms. The van der Waals surface area contributed by atoms with Gasteiger partial charge >= 0.3 is 51.4 Å². The molecule has 0 rings (SSSR count). The van der Waals surface area contributed by atoms with Gasteiger partial charge < -0.3 is 16.8 Å². The molecule has 50 valence electrons. The van der Waals surface area contributed by atoms with Crippen LogP contribution >= 0.6 is 5.47 Å². The monoisotopic (exact) mass is 208 g/mol. The van der Waals surface area contributed by atoms with Crippen LogP contribution in [0.5, 0.6) is 0 Å². The SMILES string of the molecule is CCCOP(C)(=S)[S-].[K+]. The zero-order valence-corrected chi connectivity index (χ0v) is 11.7. The summed E-state index contributed by atoms with van der Waals surface area (Å²) in [4.78, 5) is 0. The van der Waals surface area contributed by atoms with Crippen molar-refractivity contribution in [3.63, 3.8) is 0 Å². The first kappa shape index (κ1) is 14.1. The van der Waals surface area contributed by atoms with E-state index >= 15 is 0 Å². The van der Waals surface area contributed by atoms with E-state index in [4.69, 9.17) is 28.6 Å². The average molecular weight is 208 g/mol. The van der Waals surface area contributed by atoms with Gasteiger partial charge in [-0.15, -0.1) is 0 Å². The minimum Gasteiger partial charge on any atom is -0.720 e. The molecule has 0 aromatic heterocycles. The Kier molecular flexibility index (Phi) is 11.4. The second-order valence-electron chi connectivity index (χ2n) is 1.60. The van der Waals surface area contributed by atoms with E-state index in [0.717, 1.165) is 13.0 Å². The molecule has 9 heavy (non-hydrogen) atoms. The largest absolute Gasteiger partial charge is 1.00 e. The first-order valence-corrected chi connectivity index (χ1v) is 6.67. The first-order chi connectivity index (χ1) is 3.56. The summed E-state index contributed by atoms with van der Waals surface area (Å²) in [5.41, 5.74) is -1.77. The summed E-state index contributed by atoms with van der Waals surface area (Å²) in [5, 5.41) is 0. The minimum atomic E-state index is -1.77. The molecule has 1 atom stereocenters. The summed E-state index contributed by atoms with van der Waals surface area (Å²) in [5.74, 6) is 0. The quantitative estimate of drug-likeness (QED) is 0.331. The van der Waals surface area contributed by atoms with Crippen molar-refractivity contribution in [3.8, 4) is 0 Å². The maximum atomic E-state index is 5.12. The van der Waals surface area contributed by atoms with Gasteiger partial charge in [0.25, 0.3) is 0 Å². The van der Waals surface area contributed by atoms with Gasteiger partial charge in [-0.1, -0.05) is 24.2 Å². The van der Waals surface area contributed by atoms with Crippen LogP contribution in [-0.2, 0) is 28.6 Å². The van der Waals surface area contributed by atoms with Crippen LogP contribution in [0.1, 0.15) is 13.3 Å². The predicted molar refractivity (Wildman–Crippen MR) is 43.8 cm³/mol. The molecule has 0 N–H and O–H groups in total. The molecular weight excluding hydrogens is 198 g/mol. The third-order valence-electron chi connectivity index (χ3n) is 0.530. The van der Waals surface area contributed by atoms with Gasteiger partial charge in [-0.25, -0.2) is 0 Å². The zero-order valence-electron chi connectivity index (χ0n) is 6.09. The van der Waals surface area contributed by atoms with Crippen molar-refractivity contribution in [2.75, 3.05) is 13.3 Å². The predicted octanol–water partition coefficient (Wildman–Crippen LogP) is -1.10. The summed E-state index contributed by atoms with van der Waals surface area (Å²) in [6.45, 7) is 4.57. The van der Waals surface area contributed by atoms with Gasteiger partial charge in [-0.05, 0) is 13.1 Å². The third-order valence-corrected chi connectivity index (χ3v) is 1.81. The maximum absolute atomic E-state index is 5.12. The van der Waals surface area contributed by atoms with Gasteiger partial charge in [-0.3, -0.25) is 0 Å². The van der Waals surface area contributed by atoms with E-state index < -0.39 is 5.47 Å². The molecule has 0 fully saturated rings. The van der Waals surface area contributed by atoms with Crippen LogP contribution in [0.15, 0.2) is 0 Å². The summed E-state index contributed by atoms with van der Waals surface area (Å²) < 4.78 is 5.12. The Hall–Kier alpha value is 2.60. The summed E-state index contributed by atoms with van der Waals surface area (Å²) in [7, 11) is 0. The molecule has 0 aliphatic carbocycles. The molecule has 0 heterocycles. The van der Waals surface area contributed by atoms with Crippen LogP contribution in [0.2, 0.25) is 0 Å². The van der Waals surface area contributed by atoms with E-state index in [1.54, 1.807) is 0 Å². The van der Waals surface area contributed by atoms with Gasteiger partial charge in [0.2, 0.25) is 0 Å². The molecule has 0 aliphatic heterocycles. The molecule has 0 spiro atoms. The van der Waals surface area contributed by atoms with Gasteiger partial charge in [-0.2, -0.15) is 0 Å². The van der Waals surface area contributed by atoms with Crippen molar-refractivity contribution in [2.24, 2.45) is 0 Å². The number of rotatable bonds is 3. The molecule has 0 radical (unpaired) electrons. The van der Waals surface area contributed by atoms with E-state index in [0.29, 0.717) is 0 Å². The smallest absolute Gasteiger partial charge is 0.720 e. The summed E-state index contributed by atoms with van der Waals surface area (Å²) in [6, 6.07) is 0. The fourth-order valence-electron chi connectivity index (χ4n) is 0.257. The van der Waals surface area contributed by atoms with Gasteiger partial charge in [0, 0.05) is 6.61 Å². The number of hydrogen-bond acceptors (Lipinski definition) is 3. The third kappa shape index (κ3) is 13.6. The topological polar surface area (TPSA) is 9.23 Å². The molecule has 1 unspecified atom stereocenters. The van der Waals surface area contributed by atoms with Crippen LogP contribution in [0, 0.1) is 0 Å². The Morgan fingerprint density at radius 2 is 2.11 bits per heavy atom. The van der Waals surface area contributed by atoms with E-state index in [2.05, 4.69) is 0 Å². The van der Waals surface area contributed by atoms with Crippen molar-refractivity contribution >= 4 is 29.5 Å². The van der Waals surface area contributed by atoms with Gasteiger partial charge in [0.05, 0.1) is 0 Å². The molecule has 0 saturated carbocycles. The molecule has 0 amide bonds. The normalized spacial score (nSPS) is 15.9. The molecular formula is C4H10KOPS2. The maximum Gasteiger partial charge on any atom is 1.00 e. The Morgan fingerprint density at radius 1 is 1.67 bits per heavy atom. The second-order valence-corrected chi connectivity index (χ2v) is 8.28. The molecule has 0 aromatic carbocycles. The van der Waals surface area contributed by atoms with Crippen LogP contribution in [-0.4, -0.2) is 13.3 Å². The van der Waals surface area contributed by atoms with Crippen LogP contribution in [0.3, 0.4) is 0 Å². The summed E-state index contributed by atoms with van der Waals surface area (Å²) in [6.07, 6.45) is 1.00. The van der Waals surface area contributed by atoms with Crippen molar-refractivity contribution in [1.82, 2.24) is 0 Å². The van der Waals surface area contributed by atoms with Crippen molar-refractivity contribution in [1.29, 1.82) is 0 Å². The minimum absolute atomic E-state index is 0. The molecule has 0 aliphatic rings. The van der Waals surface area contributed by atoms with Gasteiger partial charge in [0.15, 0.2) is 0 Å². The van der Waals surface area contributed by atoms with Crippen molar-refractivity contribution in [3.05, 3.63) is 0 Å². The fourth-order valence-corrected chi connectivity index (χ4v) is 1.22. The average Bonchev–Trinajstić information content (AvgIpc) is 1.59. The van der Waals surface area contributed by atoms with E-state index in [1.807, 2.05) is 13.6 Å². The molecule has 0 aromatic rings. The molecule has 5 heteroatoms. The van der Waals surface area contributed by atoms with E-state index in [9.17, 15) is 0 Å². The Morgan fingerprint density at radius 3 is 2.22 bits per heavy atom. The summed E-state index contributed by atoms with van der Waals surface area (Å²) >= 11 is 9.71.